The Labute approximate surface area is 207 Å². The van der Waals surface area contributed by atoms with E-state index >= 15 is 0 Å². The molecule has 35 heavy (non-hydrogen) atoms. The van der Waals surface area contributed by atoms with Crippen molar-refractivity contribution >= 4 is 23.4 Å². The number of rotatable bonds is 7. The molecule has 1 saturated carbocycles. The van der Waals surface area contributed by atoms with Gasteiger partial charge >= 0.3 is 0 Å². The summed E-state index contributed by atoms with van der Waals surface area (Å²) in [5.74, 6) is 0.00137. The predicted molar refractivity (Wildman–Crippen MR) is 133 cm³/mol. The van der Waals surface area contributed by atoms with Crippen molar-refractivity contribution in [2.75, 3.05) is 24.7 Å². The largest absolute Gasteiger partial charge is 0.381 e. The highest BCUT2D eigenvalue weighted by atomic mass is 16.5. The third-order valence-electron chi connectivity index (χ3n) is 8.40. The summed E-state index contributed by atoms with van der Waals surface area (Å²) in [5.41, 5.74) is 9.05. The Kier molecular flexibility index (Phi) is 7.39. The number of amides is 3. The fourth-order valence-corrected chi connectivity index (χ4v) is 6.34. The molecular weight excluding hydrogens is 444 g/mol. The number of carbonyl (C=O) groups excluding carboxylic acids is 3. The van der Waals surface area contributed by atoms with E-state index in [1.807, 2.05) is 12.1 Å². The fraction of sp³-hybridized carbons (Fsp3) is 0.667. The van der Waals surface area contributed by atoms with Gasteiger partial charge in [0.05, 0.1) is 0 Å². The van der Waals surface area contributed by atoms with E-state index in [4.69, 9.17) is 10.5 Å². The monoisotopic (exact) mass is 482 g/mol. The molecule has 8 nitrogen and oxygen atoms in total. The Hall–Kier alpha value is -2.45. The van der Waals surface area contributed by atoms with Gasteiger partial charge < -0.3 is 20.3 Å². The van der Waals surface area contributed by atoms with Gasteiger partial charge in [-0.2, -0.15) is 0 Å². The first-order chi connectivity index (χ1) is 17.0. The Morgan fingerprint density at radius 3 is 2.54 bits per heavy atom. The van der Waals surface area contributed by atoms with Crippen LogP contribution in [0.25, 0.3) is 0 Å². The molecular formula is C27H38N4O4. The topological polar surface area (TPSA) is 105 Å². The molecule has 8 heteroatoms. The molecule has 0 aromatic heterocycles. The molecule has 1 aromatic rings. The number of benzene rings is 1. The van der Waals surface area contributed by atoms with Crippen molar-refractivity contribution in [3.63, 3.8) is 0 Å². The second-order valence-corrected chi connectivity index (χ2v) is 10.7. The van der Waals surface area contributed by atoms with Gasteiger partial charge in [-0.15, -0.1) is 0 Å². The number of hydrogen-bond donors (Lipinski definition) is 2. The summed E-state index contributed by atoms with van der Waals surface area (Å²) < 4.78 is 5.53. The third-order valence-corrected chi connectivity index (χ3v) is 8.40. The highest BCUT2D eigenvalue weighted by molar-refractivity contribution is 6.06. The number of hydrogen-bond acceptors (Lipinski definition) is 6. The van der Waals surface area contributed by atoms with Crippen LogP contribution in [0.5, 0.6) is 0 Å². The number of nitrogens with zero attached hydrogens (tertiary/aromatic N) is 2. The second kappa shape index (κ2) is 10.7. The van der Waals surface area contributed by atoms with Crippen molar-refractivity contribution in [2.45, 2.75) is 88.9 Å². The first-order valence-electron chi connectivity index (χ1n) is 13.4. The second-order valence-electron chi connectivity index (χ2n) is 10.7. The molecule has 2 saturated heterocycles. The maximum Gasteiger partial charge on any atom is 0.255 e. The minimum atomic E-state index is -0.588. The average molecular weight is 483 g/mol. The molecule has 1 aromatic carbocycles. The van der Waals surface area contributed by atoms with Crippen LogP contribution >= 0.6 is 0 Å². The van der Waals surface area contributed by atoms with Gasteiger partial charge in [0.15, 0.2) is 0 Å². The van der Waals surface area contributed by atoms with E-state index in [2.05, 4.69) is 16.3 Å². The van der Waals surface area contributed by atoms with Gasteiger partial charge in [0.25, 0.3) is 5.91 Å². The zero-order chi connectivity index (χ0) is 24.4. The summed E-state index contributed by atoms with van der Waals surface area (Å²) in [6.45, 7) is 3.12. The molecule has 3 heterocycles. The highest BCUT2D eigenvalue weighted by Crippen LogP contribution is 2.37. The van der Waals surface area contributed by atoms with Crippen molar-refractivity contribution < 1.29 is 19.1 Å². The lowest BCUT2D eigenvalue weighted by Gasteiger charge is -2.39. The van der Waals surface area contributed by atoms with E-state index in [0.29, 0.717) is 24.6 Å². The highest BCUT2D eigenvalue weighted by Gasteiger charge is 2.40. The van der Waals surface area contributed by atoms with Crippen molar-refractivity contribution in [3.8, 4) is 0 Å². The maximum absolute atomic E-state index is 13.4. The van der Waals surface area contributed by atoms with Crippen LogP contribution < -0.4 is 16.0 Å². The minimum absolute atomic E-state index is 0.107. The molecule has 1 atom stereocenters. The number of nitrogens with one attached hydrogen (secondary N) is 1. The molecule has 3 amide bonds. The van der Waals surface area contributed by atoms with Crippen LogP contribution in [0.15, 0.2) is 18.2 Å². The van der Waals surface area contributed by atoms with E-state index < -0.39 is 6.04 Å². The molecule has 0 spiro atoms. The molecule has 1 aliphatic carbocycles. The Morgan fingerprint density at radius 2 is 1.80 bits per heavy atom. The number of anilines is 1. The van der Waals surface area contributed by atoms with Gasteiger partial charge in [-0.3, -0.25) is 19.7 Å². The van der Waals surface area contributed by atoms with E-state index in [-0.39, 0.29) is 30.2 Å². The number of ether oxygens (including phenoxy) is 1. The standard InChI is InChI=1S/C27H38N4O4/c28-19-6-8-20(9-7-19)30(14-2-3-18-12-15-35-16-13-18)23-5-1-4-21-22(23)17-31(27(21)34)24-10-11-25(32)29-26(24)33/h1,4-5,18-20,24H,2-3,6-17,28H2,(H,29,32,33)/t19-,20-,24?. The van der Waals surface area contributed by atoms with Gasteiger partial charge in [-0.05, 0) is 75.8 Å². The molecule has 0 radical (unpaired) electrons. The Balaban J connectivity index is 1.36. The average Bonchev–Trinajstić information content (AvgIpc) is 3.20. The molecule has 4 aliphatic rings. The number of piperidine rings is 1. The molecule has 3 fully saturated rings. The van der Waals surface area contributed by atoms with Crippen LogP contribution in [0, 0.1) is 5.92 Å². The molecule has 1 unspecified atom stereocenters. The lowest BCUT2D eigenvalue weighted by Crippen LogP contribution is -2.52. The first kappa shape index (κ1) is 24.3. The molecule has 5 rings (SSSR count). The van der Waals surface area contributed by atoms with Gasteiger partial charge in [-0.25, -0.2) is 0 Å². The van der Waals surface area contributed by atoms with Crippen LogP contribution in [0.2, 0.25) is 0 Å². The Morgan fingerprint density at radius 1 is 1.03 bits per heavy atom. The van der Waals surface area contributed by atoms with Crippen molar-refractivity contribution in [2.24, 2.45) is 11.7 Å². The third kappa shape index (κ3) is 5.23. The van der Waals surface area contributed by atoms with Crippen molar-refractivity contribution in [1.29, 1.82) is 0 Å². The van der Waals surface area contributed by atoms with E-state index in [1.165, 1.54) is 6.42 Å². The van der Waals surface area contributed by atoms with Crippen LogP contribution in [0.3, 0.4) is 0 Å². The summed E-state index contributed by atoms with van der Waals surface area (Å²) in [4.78, 5) is 41.7. The quantitative estimate of drug-likeness (QED) is 0.579. The molecule has 3 N–H and O–H groups in total. The van der Waals surface area contributed by atoms with Gasteiger partial charge in [0.2, 0.25) is 11.8 Å². The summed E-state index contributed by atoms with van der Waals surface area (Å²) in [6, 6.07) is 6.10. The lowest BCUT2D eigenvalue weighted by atomic mass is 9.89. The van der Waals surface area contributed by atoms with Crippen LogP contribution in [0.1, 0.15) is 80.1 Å². The van der Waals surface area contributed by atoms with Crippen molar-refractivity contribution in [3.05, 3.63) is 29.3 Å². The first-order valence-corrected chi connectivity index (χ1v) is 13.4. The number of carbonyl (C=O) groups is 3. The minimum Gasteiger partial charge on any atom is -0.381 e. The lowest BCUT2D eigenvalue weighted by molar-refractivity contribution is -0.136. The fourth-order valence-electron chi connectivity index (χ4n) is 6.34. The van der Waals surface area contributed by atoms with Gasteiger partial charge in [0, 0.05) is 61.6 Å². The maximum atomic E-state index is 13.4. The normalized spacial score (nSPS) is 27.6. The molecule has 3 aliphatic heterocycles. The van der Waals surface area contributed by atoms with E-state index in [1.54, 1.807) is 4.90 Å². The van der Waals surface area contributed by atoms with Crippen LogP contribution in [0.4, 0.5) is 5.69 Å². The van der Waals surface area contributed by atoms with Crippen molar-refractivity contribution in [1.82, 2.24) is 10.2 Å². The number of fused-ring (bicyclic) bond motifs is 1. The SMILES string of the molecule is N[C@H]1CC[C@H](N(CCCC2CCOCC2)c2cccc3c2CN(C2CCC(=O)NC2=O)C3=O)CC1. The Bertz CT molecular complexity index is 952. The number of nitrogens with two attached hydrogens (primary N) is 1. The molecule has 0 bridgehead atoms. The van der Waals surface area contributed by atoms with E-state index in [9.17, 15) is 14.4 Å². The van der Waals surface area contributed by atoms with Gasteiger partial charge in [-0.1, -0.05) is 6.07 Å². The summed E-state index contributed by atoms with van der Waals surface area (Å²) in [6.07, 6.45) is 9.43. The summed E-state index contributed by atoms with van der Waals surface area (Å²) in [7, 11) is 0. The summed E-state index contributed by atoms with van der Waals surface area (Å²) in [5, 5.41) is 2.40. The summed E-state index contributed by atoms with van der Waals surface area (Å²) >= 11 is 0. The van der Waals surface area contributed by atoms with Crippen LogP contribution in [-0.2, 0) is 20.9 Å². The zero-order valence-electron chi connectivity index (χ0n) is 20.5. The molecule has 190 valence electrons. The zero-order valence-corrected chi connectivity index (χ0v) is 20.5. The van der Waals surface area contributed by atoms with Gasteiger partial charge in [0.1, 0.15) is 6.04 Å². The van der Waals surface area contributed by atoms with Crippen LogP contribution in [-0.4, -0.2) is 60.5 Å². The number of imide groups is 1. The van der Waals surface area contributed by atoms with E-state index in [0.717, 1.165) is 81.9 Å². The smallest absolute Gasteiger partial charge is 0.255 e. The predicted octanol–water partition coefficient (Wildman–Crippen LogP) is 2.73.